The summed E-state index contributed by atoms with van der Waals surface area (Å²) >= 11 is 5.95. The molecule has 2 saturated heterocycles. The first kappa shape index (κ1) is 19.9. The lowest BCUT2D eigenvalue weighted by molar-refractivity contribution is 0.0172. The molecule has 27 heavy (non-hydrogen) atoms. The fourth-order valence-electron chi connectivity index (χ4n) is 3.80. The van der Waals surface area contributed by atoms with Gasteiger partial charge in [0.1, 0.15) is 5.84 Å². The summed E-state index contributed by atoms with van der Waals surface area (Å²) in [6.07, 6.45) is 0. The zero-order chi connectivity index (χ0) is 19.8. The molecule has 144 valence electrons. The molecule has 0 bridgehead atoms. The Morgan fingerprint density at radius 1 is 1.19 bits per heavy atom. The number of ether oxygens (including phenoxy) is 1. The Balaban J connectivity index is 2.11. The van der Waals surface area contributed by atoms with Gasteiger partial charge in [-0.25, -0.2) is 0 Å². The number of morpholine rings is 1. The second kappa shape index (κ2) is 7.31. The Morgan fingerprint density at radius 3 is 2.30 bits per heavy atom. The number of rotatable bonds is 2. The summed E-state index contributed by atoms with van der Waals surface area (Å²) in [6, 6.07) is 9.87. The molecule has 0 N–H and O–H groups in total. The number of nitrogens with zero attached hydrogens (tertiary/aromatic N) is 4. The number of anilines is 1. The third kappa shape index (κ3) is 3.91. The summed E-state index contributed by atoms with van der Waals surface area (Å²) in [6.45, 7) is 14.0. The summed E-state index contributed by atoms with van der Waals surface area (Å²) in [5, 5.41) is 9.11. The van der Waals surface area contributed by atoms with Gasteiger partial charge in [-0.2, -0.15) is 5.26 Å². The van der Waals surface area contributed by atoms with Crippen LogP contribution in [-0.4, -0.2) is 53.6 Å². The van der Waals surface area contributed by atoms with Crippen molar-refractivity contribution >= 4 is 28.7 Å². The summed E-state index contributed by atoms with van der Waals surface area (Å²) in [5.74, 6) is 0.990. The van der Waals surface area contributed by atoms with E-state index in [1.165, 1.54) is 0 Å². The molecule has 1 unspecified atom stereocenters. The standard InChI is InChI=1S/C21H28N4OS/c1-20(2,3)23-18-17(24-10-12-26-13-11-24)21(4,5)19(27)25(18)16-8-6-15(14-22)7-9-16/h6-9,17H,10-13H2,1-5H3. The van der Waals surface area contributed by atoms with Gasteiger partial charge in [0.2, 0.25) is 0 Å². The fraction of sp³-hybridized carbons (Fsp3) is 0.571. The average Bonchev–Trinajstić information content (AvgIpc) is 2.80. The number of nitriles is 1. The van der Waals surface area contributed by atoms with Crippen molar-refractivity contribution in [3.8, 4) is 6.07 Å². The molecule has 6 heteroatoms. The molecule has 1 aromatic rings. The maximum Gasteiger partial charge on any atom is 0.127 e. The SMILES string of the molecule is CC(C)(C)N=C1C(N2CCOCC2)C(C)(C)C(=S)N1c1ccc(C#N)cc1. The molecule has 1 atom stereocenters. The lowest BCUT2D eigenvalue weighted by Gasteiger charge is -2.38. The number of hydrogen-bond acceptors (Lipinski definition) is 5. The number of benzene rings is 1. The number of amidine groups is 1. The van der Waals surface area contributed by atoms with Crippen molar-refractivity contribution < 1.29 is 4.74 Å². The highest BCUT2D eigenvalue weighted by Crippen LogP contribution is 2.41. The van der Waals surface area contributed by atoms with Crippen LogP contribution in [0.1, 0.15) is 40.2 Å². The molecular weight excluding hydrogens is 356 g/mol. The van der Waals surface area contributed by atoms with Crippen LogP contribution in [0, 0.1) is 16.7 Å². The maximum absolute atomic E-state index is 9.11. The summed E-state index contributed by atoms with van der Waals surface area (Å²) < 4.78 is 5.57. The van der Waals surface area contributed by atoms with E-state index in [0.717, 1.165) is 42.8 Å². The van der Waals surface area contributed by atoms with Crippen molar-refractivity contribution in [2.75, 3.05) is 31.2 Å². The maximum atomic E-state index is 9.11. The molecule has 2 heterocycles. The van der Waals surface area contributed by atoms with Crippen molar-refractivity contribution in [2.24, 2.45) is 10.4 Å². The molecule has 5 nitrogen and oxygen atoms in total. The van der Waals surface area contributed by atoms with E-state index in [1.807, 2.05) is 24.3 Å². The van der Waals surface area contributed by atoms with Crippen LogP contribution < -0.4 is 4.90 Å². The topological polar surface area (TPSA) is 51.9 Å². The van der Waals surface area contributed by atoms with Gasteiger partial charge in [0.15, 0.2) is 0 Å². The van der Waals surface area contributed by atoms with Gasteiger partial charge in [-0.05, 0) is 45.0 Å². The van der Waals surface area contributed by atoms with Crippen molar-refractivity contribution in [1.29, 1.82) is 5.26 Å². The highest BCUT2D eigenvalue weighted by molar-refractivity contribution is 7.80. The second-order valence-electron chi connectivity index (χ2n) is 8.71. The zero-order valence-electron chi connectivity index (χ0n) is 16.8. The van der Waals surface area contributed by atoms with Gasteiger partial charge in [0, 0.05) is 24.2 Å². The number of hydrogen-bond donors (Lipinski definition) is 0. The van der Waals surface area contributed by atoms with Crippen LogP contribution in [0.5, 0.6) is 0 Å². The van der Waals surface area contributed by atoms with Gasteiger partial charge < -0.3 is 4.74 Å². The predicted octanol–water partition coefficient (Wildman–Crippen LogP) is 3.63. The molecule has 0 aliphatic carbocycles. The predicted molar refractivity (Wildman–Crippen MR) is 113 cm³/mol. The minimum atomic E-state index is -0.231. The highest BCUT2D eigenvalue weighted by Gasteiger charge is 2.52. The quantitative estimate of drug-likeness (QED) is 0.729. The van der Waals surface area contributed by atoms with Crippen LogP contribution >= 0.6 is 12.2 Å². The van der Waals surface area contributed by atoms with E-state index in [-0.39, 0.29) is 17.0 Å². The van der Waals surface area contributed by atoms with Gasteiger partial charge in [-0.3, -0.25) is 14.8 Å². The van der Waals surface area contributed by atoms with Gasteiger partial charge in [-0.1, -0.05) is 26.1 Å². The molecule has 1 aromatic carbocycles. The van der Waals surface area contributed by atoms with Gasteiger partial charge in [0.25, 0.3) is 0 Å². The molecule has 2 aliphatic heterocycles. The van der Waals surface area contributed by atoms with E-state index in [4.69, 9.17) is 27.2 Å². The summed E-state index contributed by atoms with van der Waals surface area (Å²) in [5.41, 5.74) is 1.15. The molecule has 0 spiro atoms. The molecule has 0 aromatic heterocycles. The number of thiocarbonyl (C=S) groups is 1. The van der Waals surface area contributed by atoms with Crippen molar-refractivity contribution in [3.05, 3.63) is 29.8 Å². The summed E-state index contributed by atoms with van der Waals surface area (Å²) in [7, 11) is 0. The molecule has 2 aliphatic rings. The van der Waals surface area contributed by atoms with Crippen LogP contribution in [0.25, 0.3) is 0 Å². The normalized spacial score (nSPS) is 25.0. The van der Waals surface area contributed by atoms with Crippen molar-refractivity contribution in [3.63, 3.8) is 0 Å². The van der Waals surface area contributed by atoms with E-state index in [2.05, 4.69) is 50.5 Å². The largest absolute Gasteiger partial charge is 0.379 e. The lowest BCUT2D eigenvalue weighted by atomic mass is 9.85. The Bertz CT molecular complexity index is 780. The molecule has 3 rings (SSSR count). The summed E-state index contributed by atoms with van der Waals surface area (Å²) in [4.78, 5) is 10.5. The first-order chi connectivity index (χ1) is 12.6. The van der Waals surface area contributed by atoms with E-state index in [1.54, 1.807) is 0 Å². The van der Waals surface area contributed by atoms with E-state index >= 15 is 0 Å². The van der Waals surface area contributed by atoms with Gasteiger partial charge in [0.05, 0.1) is 41.4 Å². The van der Waals surface area contributed by atoms with E-state index in [0.29, 0.717) is 5.56 Å². The van der Waals surface area contributed by atoms with Crippen LogP contribution in [-0.2, 0) is 4.74 Å². The van der Waals surface area contributed by atoms with Crippen molar-refractivity contribution in [2.45, 2.75) is 46.2 Å². The lowest BCUT2D eigenvalue weighted by Crippen LogP contribution is -2.52. The molecule has 0 saturated carbocycles. The Kier molecular flexibility index (Phi) is 5.40. The van der Waals surface area contributed by atoms with E-state index < -0.39 is 0 Å². The molecule has 2 fully saturated rings. The third-order valence-corrected chi connectivity index (χ3v) is 5.74. The Hall–Kier alpha value is -1.81. The van der Waals surface area contributed by atoms with E-state index in [9.17, 15) is 0 Å². The molecular formula is C21H28N4OS. The first-order valence-electron chi connectivity index (χ1n) is 9.41. The Morgan fingerprint density at radius 2 is 1.78 bits per heavy atom. The van der Waals surface area contributed by atoms with Crippen LogP contribution in [0.3, 0.4) is 0 Å². The van der Waals surface area contributed by atoms with Crippen molar-refractivity contribution in [1.82, 2.24) is 4.90 Å². The van der Waals surface area contributed by atoms with Crippen LogP contribution in [0.2, 0.25) is 0 Å². The highest BCUT2D eigenvalue weighted by atomic mass is 32.1. The van der Waals surface area contributed by atoms with Crippen LogP contribution in [0.4, 0.5) is 5.69 Å². The van der Waals surface area contributed by atoms with Gasteiger partial charge in [-0.15, -0.1) is 0 Å². The molecule has 0 radical (unpaired) electrons. The van der Waals surface area contributed by atoms with Crippen LogP contribution in [0.15, 0.2) is 29.3 Å². The minimum absolute atomic E-state index is 0.101. The average molecular weight is 385 g/mol. The fourth-order valence-corrected chi connectivity index (χ4v) is 4.11. The van der Waals surface area contributed by atoms with Gasteiger partial charge >= 0.3 is 0 Å². The second-order valence-corrected chi connectivity index (χ2v) is 9.10. The smallest absolute Gasteiger partial charge is 0.127 e. The first-order valence-corrected chi connectivity index (χ1v) is 9.82. The molecule has 0 amide bonds. The third-order valence-electron chi connectivity index (χ3n) is 5.03. The zero-order valence-corrected chi connectivity index (χ0v) is 17.6. The number of aliphatic imine (C=N–C) groups is 1. The minimum Gasteiger partial charge on any atom is -0.379 e. The monoisotopic (exact) mass is 384 g/mol. The Labute approximate surface area is 167 Å².